The molecule has 21 heavy (non-hydrogen) atoms. The van der Waals surface area contributed by atoms with Crippen molar-refractivity contribution in [3.8, 4) is 5.75 Å². The van der Waals surface area contributed by atoms with Gasteiger partial charge in [0.25, 0.3) is 0 Å². The smallest absolute Gasteiger partial charge is 0.317 e. The molecule has 1 aliphatic heterocycles. The van der Waals surface area contributed by atoms with Crippen LogP contribution in [0.25, 0.3) is 0 Å². The summed E-state index contributed by atoms with van der Waals surface area (Å²) in [4.78, 5) is 16.0. The van der Waals surface area contributed by atoms with E-state index in [2.05, 4.69) is 10.2 Å². The Morgan fingerprint density at radius 3 is 2.57 bits per heavy atom. The molecule has 0 radical (unpaired) electrons. The number of nitrogens with one attached hydrogen (secondary N) is 1. The van der Waals surface area contributed by atoms with Crippen LogP contribution in [0, 0.1) is 0 Å². The molecule has 1 heterocycles. The maximum Gasteiger partial charge on any atom is 0.317 e. The first-order valence-electron chi connectivity index (χ1n) is 7.72. The highest BCUT2D eigenvalue weighted by Crippen LogP contribution is 2.09. The van der Waals surface area contributed by atoms with E-state index in [0.29, 0.717) is 6.54 Å². The molecule has 5 heteroatoms. The van der Waals surface area contributed by atoms with Crippen LogP contribution in [0.5, 0.6) is 5.75 Å². The van der Waals surface area contributed by atoms with Crippen LogP contribution in [-0.4, -0.2) is 61.7 Å². The van der Waals surface area contributed by atoms with Crippen molar-refractivity contribution >= 4 is 6.03 Å². The molecule has 0 saturated carbocycles. The third-order valence-corrected chi connectivity index (χ3v) is 3.62. The van der Waals surface area contributed by atoms with E-state index in [0.717, 1.165) is 51.5 Å². The molecule has 1 fully saturated rings. The monoisotopic (exact) mass is 291 g/mol. The van der Waals surface area contributed by atoms with Crippen molar-refractivity contribution < 1.29 is 9.53 Å². The Morgan fingerprint density at radius 1 is 1.19 bits per heavy atom. The number of urea groups is 1. The lowest BCUT2D eigenvalue weighted by Gasteiger charge is -2.34. The first-order valence-corrected chi connectivity index (χ1v) is 7.72. The van der Waals surface area contributed by atoms with Crippen molar-refractivity contribution in [2.75, 3.05) is 45.9 Å². The van der Waals surface area contributed by atoms with Gasteiger partial charge in [0.15, 0.2) is 0 Å². The molecule has 0 spiro atoms. The van der Waals surface area contributed by atoms with E-state index in [1.165, 1.54) is 0 Å². The Bertz CT molecular complexity index is 417. The zero-order chi connectivity index (χ0) is 14.9. The van der Waals surface area contributed by atoms with Gasteiger partial charge < -0.3 is 15.0 Å². The second-order valence-electron chi connectivity index (χ2n) is 5.18. The number of rotatable bonds is 6. The van der Waals surface area contributed by atoms with E-state index in [1.54, 1.807) is 0 Å². The second kappa shape index (κ2) is 8.52. The summed E-state index contributed by atoms with van der Waals surface area (Å²) in [6, 6.07) is 9.97. The lowest BCUT2D eigenvalue weighted by Crippen LogP contribution is -2.51. The van der Waals surface area contributed by atoms with Gasteiger partial charge in [0, 0.05) is 39.3 Å². The van der Waals surface area contributed by atoms with Gasteiger partial charge >= 0.3 is 6.03 Å². The topological polar surface area (TPSA) is 44.8 Å². The van der Waals surface area contributed by atoms with Gasteiger partial charge in [-0.3, -0.25) is 4.90 Å². The van der Waals surface area contributed by atoms with E-state index < -0.39 is 0 Å². The zero-order valence-corrected chi connectivity index (χ0v) is 12.8. The van der Waals surface area contributed by atoms with E-state index in [1.807, 2.05) is 42.2 Å². The fraction of sp³-hybridized carbons (Fsp3) is 0.562. The van der Waals surface area contributed by atoms with Gasteiger partial charge in [-0.25, -0.2) is 4.79 Å². The number of hydrogen-bond acceptors (Lipinski definition) is 3. The quantitative estimate of drug-likeness (QED) is 0.813. The minimum Gasteiger partial charge on any atom is -0.494 e. The molecule has 1 N–H and O–H groups in total. The Labute approximate surface area is 126 Å². The molecule has 1 aromatic rings. The molecule has 116 valence electrons. The fourth-order valence-electron chi connectivity index (χ4n) is 2.43. The predicted octanol–water partition coefficient (Wildman–Crippen LogP) is 1.80. The zero-order valence-electron chi connectivity index (χ0n) is 12.8. The van der Waals surface area contributed by atoms with Crippen LogP contribution in [0.4, 0.5) is 4.79 Å². The highest BCUT2D eigenvalue weighted by atomic mass is 16.5. The maximum atomic E-state index is 11.7. The SMILES string of the molecule is CCNC(=O)N1CCN(CCCOc2ccccc2)CC1. The van der Waals surface area contributed by atoms with Crippen LogP contribution in [0.1, 0.15) is 13.3 Å². The molecule has 1 aliphatic rings. The molecule has 2 rings (SSSR count). The third-order valence-electron chi connectivity index (χ3n) is 3.62. The van der Waals surface area contributed by atoms with Gasteiger partial charge in [-0.05, 0) is 25.5 Å². The maximum absolute atomic E-state index is 11.7. The molecular formula is C16H25N3O2. The van der Waals surface area contributed by atoms with Gasteiger partial charge in [0.05, 0.1) is 6.61 Å². The summed E-state index contributed by atoms with van der Waals surface area (Å²) in [6.07, 6.45) is 1.01. The van der Waals surface area contributed by atoms with Crippen LogP contribution in [-0.2, 0) is 0 Å². The summed E-state index contributed by atoms with van der Waals surface area (Å²) < 4.78 is 5.69. The number of amides is 2. The lowest BCUT2D eigenvalue weighted by molar-refractivity contribution is 0.134. The van der Waals surface area contributed by atoms with Crippen LogP contribution >= 0.6 is 0 Å². The lowest BCUT2D eigenvalue weighted by atomic mass is 10.3. The summed E-state index contributed by atoms with van der Waals surface area (Å²) in [5, 5.41) is 2.85. The molecule has 0 aromatic heterocycles. The van der Waals surface area contributed by atoms with E-state index >= 15 is 0 Å². The molecule has 1 saturated heterocycles. The summed E-state index contributed by atoms with van der Waals surface area (Å²) in [5.41, 5.74) is 0. The van der Waals surface area contributed by atoms with Crippen molar-refractivity contribution in [3.63, 3.8) is 0 Å². The minimum atomic E-state index is 0.0598. The summed E-state index contributed by atoms with van der Waals surface area (Å²) in [5.74, 6) is 0.929. The van der Waals surface area contributed by atoms with Crippen LogP contribution in [0.2, 0.25) is 0 Å². The van der Waals surface area contributed by atoms with Crippen molar-refractivity contribution in [1.82, 2.24) is 15.1 Å². The molecule has 0 atom stereocenters. The van der Waals surface area contributed by atoms with Gasteiger partial charge in [0.2, 0.25) is 0 Å². The van der Waals surface area contributed by atoms with Crippen LogP contribution in [0.3, 0.4) is 0 Å². The number of carbonyl (C=O) groups is 1. The Hall–Kier alpha value is -1.75. The second-order valence-corrected chi connectivity index (χ2v) is 5.18. The summed E-state index contributed by atoms with van der Waals surface area (Å²) >= 11 is 0. The molecule has 1 aromatic carbocycles. The van der Waals surface area contributed by atoms with Crippen molar-refractivity contribution in [1.29, 1.82) is 0 Å². The molecule has 0 aliphatic carbocycles. The van der Waals surface area contributed by atoms with Gasteiger partial charge in [-0.1, -0.05) is 18.2 Å². The minimum absolute atomic E-state index is 0.0598. The van der Waals surface area contributed by atoms with E-state index in [-0.39, 0.29) is 6.03 Å². The van der Waals surface area contributed by atoms with Gasteiger partial charge in [-0.15, -0.1) is 0 Å². The highest BCUT2D eigenvalue weighted by Gasteiger charge is 2.19. The summed E-state index contributed by atoms with van der Waals surface area (Å²) in [6.45, 7) is 7.91. The number of ether oxygens (including phenoxy) is 1. The number of carbonyl (C=O) groups excluding carboxylic acids is 1. The standard InChI is InChI=1S/C16H25N3O2/c1-2-17-16(20)19-12-10-18(11-13-19)9-6-14-21-15-7-4-3-5-8-15/h3-5,7-8H,2,6,9-14H2,1H3,(H,17,20). The van der Waals surface area contributed by atoms with Crippen molar-refractivity contribution in [2.45, 2.75) is 13.3 Å². The van der Waals surface area contributed by atoms with Gasteiger partial charge in [0.1, 0.15) is 5.75 Å². The van der Waals surface area contributed by atoms with Gasteiger partial charge in [-0.2, -0.15) is 0 Å². The number of hydrogen-bond donors (Lipinski definition) is 1. The summed E-state index contributed by atoms with van der Waals surface area (Å²) in [7, 11) is 0. The molecule has 5 nitrogen and oxygen atoms in total. The van der Waals surface area contributed by atoms with Crippen molar-refractivity contribution in [2.24, 2.45) is 0 Å². The third kappa shape index (κ3) is 5.27. The molecule has 0 unspecified atom stereocenters. The van der Waals surface area contributed by atoms with Crippen LogP contribution < -0.4 is 10.1 Å². The number of piperazine rings is 1. The first-order chi connectivity index (χ1) is 10.3. The van der Waals surface area contributed by atoms with Crippen molar-refractivity contribution in [3.05, 3.63) is 30.3 Å². The first kappa shape index (κ1) is 15.6. The Balaban J connectivity index is 1.58. The van der Waals surface area contributed by atoms with Crippen LogP contribution in [0.15, 0.2) is 30.3 Å². The predicted molar refractivity (Wildman–Crippen MR) is 83.6 cm³/mol. The van der Waals surface area contributed by atoms with E-state index in [4.69, 9.17) is 4.74 Å². The number of para-hydroxylation sites is 1. The Kier molecular flexibility index (Phi) is 6.34. The number of nitrogens with zero attached hydrogens (tertiary/aromatic N) is 2. The fourth-order valence-corrected chi connectivity index (χ4v) is 2.43. The molecule has 2 amide bonds. The normalized spacial score (nSPS) is 15.8. The average molecular weight is 291 g/mol. The molecule has 0 bridgehead atoms. The highest BCUT2D eigenvalue weighted by molar-refractivity contribution is 5.74. The average Bonchev–Trinajstić information content (AvgIpc) is 2.53. The molecular weight excluding hydrogens is 266 g/mol. The Morgan fingerprint density at radius 2 is 1.90 bits per heavy atom. The largest absolute Gasteiger partial charge is 0.494 e. The van der Waals surface area contributed by atoms with E-state index in [9.17, 15) is 4.79 Å². The number of benzene rings is 1.